The highest BCUT2D eigenvalue weighted by atomic mass is 16.5. The summed E-state index contributed by atoms with van der Waals surface area (Å²) >= 11 is 0. The standard InChI is InChI=1S/C17H29NO2/c1-6-11-18-17(13(7-2)8-3)14-9-10-15(19-4)16(12-14)20-5/h9-10,12-13,17-18H,6-8,11H2,1-5H3. The number of hydrogen-bond donors (Lipinski definition) is 1. The Morgan fingerprint density at radius 1 is 1.00 bits per heavy atom. The second-order valence-electron chi connectivity index (χ2n) is 5.12. The molecule has 0 aromatic heterocycles. The van der Waals surface area contributed by atoms with Gasteiger partial charge in [-0.05, 0) is 36.6 Å². The van der Waals surface area contributed by atoms with Crippen molar-refractivity contribution < 1.29 is 9.47 Å². The lowest BCUT2D eigenvalue weighted by Crippen LogP contribution is -2.28. The van der Waals surface area contributed by atoms with Crippen molar-refractivity contribution in [2.45, 2.75) is 46.1 Å². The number of methoxy groups -OCH3 is 2. The zero-order valence-electron chi connectivity index (χ0n) is 13.5. The highest BCUT2D eigenvalue weighted by Crippen LogP contribution is 2.34. The molecule has 3 heteroatoms. The van der Waals surface area contributed by atoms with Crippen LogP contribution in [0.1, 0.15) is 51.6 Å². The van der Waals surface area contributed by atoms with E-state index in [1.54, 1.807) is 14.2 Å². The zero-order chi connectivity index (χ0) is 15.0. The first-order valence-corrected chi connectivity index (χ1v) is 7.66. The maximum atomic E-state index is 5.43. The third kappa shape index (κ3) is 4.14. The molecule has 0 heterocycles. The second kappa shape index (κ2) is 8.85. The van der Waals surface area contributed by atoms with E-state index in [-0.39, 0.29) is 0 Å². The van der Waals surface area contributed by atoms with E-state index in [1.807, 2.05) is 6.07 Å². The first-order chi connectivity index (χ1) is 9.71. The Morgan fingerprint density at radius 2 is 1.65 bits per heavy atom. The molecule has 20 heavy (non-hydrogen) atoms. The van der Waals surface area contributed by atoms with Gasteiger partial charge in [0.15, 0.2) is 11.5 Å². The molecule has 0 saturated heterocycles. The van der Waals surface area contributed by atoms with Crippen molar-refractivity contribution in [1.29, 1.82) is 0 Å². The molecule has 0 aliphatic carbocycles. The van der Waals surface area contributed by atoms with E-state index in [1.165, 1.54) is 18.4 Å². The fraction of sp³-hybridized carbons (Fsp3) is 0.647. The summed E-state index contributed by atoms with van der Waals surface area (Å²) in [6, 6.07) is 6.62. The van der Waals surface area contributed by atoms with Crippen molar-refractivity contribution in [2.75, 3.05) is 20.8 Å². The van der Waals surface area contributed by atoms with E-state index in [9.17, 15) is 0 Å². The maximum absolute atomic E-state index is 5.43. The highest BCUT2D eigenvalue weighted by molar-refractivity contribution is 5.44. The Hall–Kier alpha value is -1.22. The minimum atomic E-state index is 0.379. The van der Waals surface area contributed by atoms with Crippen LogP contribution in [0.5, 0.6) is 11.5 Å². The minimum absolute atomic E-state index is 0.379. The lowest BCUT2D eigenvalue weighted by molar-refractivity contribution is 0.334. The third-order valence-corrected chi connectivity index (χ3v) is 3.90. The van der Waals surface area contributed by atoms with Crippen LogP contribution in [0.3, 0.4) is 0 Å². The van der Waals surface area contributed by atoms with Gasteiger partial charge in [-0.2, -0.15) is 0 Å². The molecule has 114 valence electrons. The van der Waals surface area contributed by atoms with E-state index in [4.69, 9.17) is 9.47 Å². The van der Waals surface area contributed by atoms with Crippen molar-refractivity contribution in [2.24, 2.45) is 5.92 Å². The van der Waals surface area contributed by atoms with Crippen LogP contribution >= 0.6 is 0 Å². The average Bonchev–Trinajstić information content (AvgIpc) is 2.50. The largest absolute Gasteiger partial charge is 0.493 e. The Bertz CT molecular complexity index is 389. The lowest BCUT2D eigenvalue weighted by atomic mass is 9.88. The van der Waals surface area contributed by atoms with Crippen molar-refractivity contribution in [3.05, 3.63) is 23.8 Å². The molecule has 0 radical (unpaired) electrons. The topological polar surface area (TPSA) is 30.5 Å². The van der Waals surface area contributed by atoms with Gasteiger partial charge >= 0.3 is 0 Å². The second-order valence-corrected chi connectivity index (χ2v) is 5.12. The molecule has 1 N–H and O–H groups in total. The van der Waals surface area contributed by atoms with Gasteiger partial charge in [0.25, 0.3) is 0 Å². The Kier molecular flexibility index (Phi) is 7.45. The smallest absolute Gasteiger partial charge is 0.161 e. The number of ether oxygens (including phenoxy) is 2. The molecule has 1 aromatic rings. The fourth-order valence-corrected chi connectivity index (χ4v) is 2.66. The summed E-state index contributed by atoms with van der Waals surface area (Å²) in [7, 11) is 3.36. The molecule has 1 unspecified atom stereocenters. The highest BCUT2D eigenvalue weighted by Gasteiger charge is 2.21. The van der Waals surface area contributed by atoms with Gasteiger partial charge in [-0.3, -0.25) is 0 Å². The van der Waals surface area contributed by atoms with Crippen LogP contribution in [0.2, 0.25) is 0 Å². The van der Waals surface area contributed by atoms with E-state index >= 15 is 0 Å². The summed E-state index contributed by atoms with van der Waals surface area (Å²) < 4.78 is 10.7. The fourth-order valence-electron chi connectivity index (χ4n) is 2.66. The molecule has 1 aromatic carbocycles. The van der Waals surface area contributed by atoms with E-state index in [0.717, 1.165) is 24.5 Å². The van der Waals surface area contributed by atoms with Gasteiger partial charge in [-0.1, -0.05) is 39.7 Å². The summed E-state index contributed by atoms with van der Waals surface area (Å²) in [5.41, 5.74) is 1.28. The third-order valence-electron chi connectivity index (χ3n) is 3.90. The molecule has 0 aliphatic heterocycles. The van der Waals surface area contributed by atoms with Gasteiger partial charge < -0.3 is 14.8 Å². The normalized spacial score (nSPS) is 12.5. The number of benzene rings is 1. The van der Waals surface area contributed by atoms with Crippen LogP contribution < -0.4 is 14.8 Å². The summed E-state index contributed by atoms with van der Waals surface area (Å²) in [5, 5.41) is 3.68. The Labute approximate surface area is 123 Å². The summed E-state index contributed by atoms with van der Waals surface area (Å²) in [4.78, 5) is 0. The molecule has 3 nitrogen and oxygen atoms in total. The minimum Gasteiger partial charge on any atom is -0.493 e. The van der Waals surface area contributed by atoms with Gasteiger partial charge in [0.2, 0.25) is 0 Å². The van der Waals surface area contributed by atoms with E-state index in [2.05, 4.69) is 38.2 Å². The van der Waals surface area contributed by atoms with Gasteiger partial charge in [0.05, 0.1) is 14.2 Å². The molecule has 0 saturated carbocycles. The Morgan fingerprint density at radius 3 is 2.15 bits per heavy atom. The zero-order valence-corrected chi connectivity index (χ0v) is 13.5. The number of hydrogen-bond acceptors (Lipinski definition) is 3. The Balaban J connectivity index is 3.05. The van der Waals surface area contributed by atoms with Crippen molar-refractivity contribution in [3.63, 3.8) is 0 Å². The molecule has 1 atom stereocenters. The first kappa shape index (κ1) is 16.8. The van der Waals surface area contributed by atoms with Gasteiger partial charge in [-0.25, -0.2) is 0 Å². The average molecular weight is 279 g/mol. The predicted molar refractivity (Wildman–Crippen MR) is 84.7 cm³/mol. The van der Waals surface area contributed by atoms with Crippen molar-refractivity contribution >= 4 is 0 Å². The molecule has 0 aliphatic rings. The van der Waals surface area contributed by atoms with Gasteiger partial charge in [0, 0.05) is 6.04 Å². The molecule has 0 fully saturated rings. The van der Waals surface area contributed by atoms with Crippen LogP contribution in [0.4, 0.5) is 0 Å². The molecule has 0 bridgehead atoms. The molecule has 1 rings (SSSR count). The summed E-state index contributed by atoms with van der Waals surface area (Å²) in [6.45, 7) is 7.76. The van der Waals surface area contributed by atoms with Gasteiger partial charge in [-0.15, -0.1) is 0 Å². The van der Waals surface area contributed by atoms with Crippen LogP contribution in [0, 0.1) is 5.92 Å². The molecule has 0 spiro atoms. The van der Waals surface area contributed by atoms with Crippen LogP contribution in [0.25, 0.3) is 0 Å². The number of nitrogens with one attached hydrogen (secondary N) is 1. The molecule has 0 amide bonds. The van der Waals surface area contributed by atoms with E-state index in [0.29, 0.717) is 12.0 Å². The maximum Gasteiger partial charge on any atom is 0.161 e. The predicted octanol–water partition coefficient (Wildman–Crippen LogP) is 4.18. The first-order valence-electron chi connectivity index (χ1n) is 7.66. The quantitative estimate of drug-likeness (QED) is 0.735. The number of rotatable bonds is 9. The van der Waals surface area contributed by atoms with Crippen molar-refractivity contribution in [3.8, 4) is 11.5 Å². The van der Waals surface area contributed by atoms with Crippen LogP contribution in [-0.2, 0) is 0 Å². The summed E-state index contributed by atoms with van der Waals surface area (Å²) in [5.74, 6) is 2.23. The monoisotopic (exact) mass is 279 g/mol. The SMILES string of the molecule is CCCNC(c1ccc(OC)c(OC)c1)C(CC)CC. The lowest BCUT2D eigenvalue weighted by Gasteiger charge is -2.27. The molecular weight excluding hydrogens is 250 g/mol. The molecular formula is C17H29NO2. The summed E-state index contributed by atoms with van der Waals surface area (Å²) in [6.07, 6.45) is 3.49. The van der Waals surface area contributed by atoms with Crippen LogP contribution in [0.15, 0.2) is 18.2 Å². The van der Waals surface area contributed by atoms with Crippen molar-refractivity contribution in [1.82, 2.24) is 5.32 Å². The van der Waals surface area contributed by atoms with Gasteiger partial charge in [0.1, 0.15) is 0 Å². The van der Waals surface area contributed by atoms with Crippen LogP contribution in [-0.4, -0.2) is 20.8 Å². The van der Waals surface area contributed by atoms with E-state index < -0.39 is 0 Å².